The van der Waals surface area contributed by atoms with E-state index in [1.807, 2.05) is 17.4 Å². The summed E-state index contributed by atoms with van der Waals surface area (Å²) in [6.45, 7) is 8.98. The van der Waals surface area contributed by atoms with Crippen LogP contribution in [0.2, 0.25) is 0 Å². The van der Waals surface area contributed by atoms with Crippen molar-refractivity contribution in [3.8, 4) is 11.5 Å². The third kappa shape index (κ3) is 4.48. The first-order valence-corrected chi connectivity index (χ1v) is 15.5. The Labute approximate surface area is 236 Å². The van der Waals surface area contributed by atoms with Crippen molar-refractivity contribution in [2.24, 2.45) is 17.3 Å². The van der Waals surface area contributed by atoms with E-state index in [4.69, 9.17) is 14.2 Å². The molecule has 3 aromatic rings. The number of nitrogens with zero attached hydrogens (tertiary/aromatic N) is 1. The van der Waals surface area contributed by atoms with Gasteiger partial charge in [0.25, 0.3) is 0 Å². The molecule has 2 aromatic carbocycles. The van der Waals surface area contributed by atoms with Crippen molar-refractivity contribution in [3.63, 3.8) is 0 Å². The zero-order valence-electron chi connectivity index (χ0n) is 23.4. The molecule has 1 aromatic heterocycles. The van der Waals surface area contributed by atoms with E-state index in [-0.39, 0.29) is 22.7 Å². The fourth-order valence-electron chi connectivity index (χ4n) is 8.01. The number of ether oxygens (including phenoxy) is 3. The highest BCUT2D eigenvalue weighted by Crippen LogP contribution is 2.62. The van der Waals surface area contributed by atoms with Gasteiger partial charge in [-0.3, -0.25) is 4.90 Å². The number of phenols is 1. The Kier molecular flexibility index (Phi) is 6.46. The molecular weight excluding hydrogens is 506 g/mol. The minimum Gasteiger partial charge on any atom is -0.504 e. The minimum atomic E-state index is -0.134. The standard InChI is InChI=1S/C33H41NO4S/c1-32(2,20-37-18-24-14-22-6-4-5-7-28(22)39-24)16-25-26-15-23-10-11-27(35)31-30(23)33(25,29(38-31)19-36-3)12-13-34(26)17-21-8-9-21/h4-7,10-11,14,21,25-26,29,35H,8-9,12-13,15-20H2,1-3H3/t25?,26?,29-,33?/m0/s1. The van der Waals surface area contributed by atoms with Crippen LogP contribution in [-0.2, 0) is 27.9 Å². The second-order valence-electron chi connectivity index (χ2n) is 13.2. The molecule has 1 spiro atoms. The van der Waals surface area contributed by atoms with Crippen LogP contribution >= 0.6 is 11.3 Å². The highest BCUT2D eigenvalue weighted by Gasteiger charge is 2.63. The summed E-state index contributed by atoms with van der Waals surface area (Å²) in [6.07, 6.45) is 5.82. The van der Waals surface area contributed by atoms with E-state index in [1.165, 1.54) is 45.5 Å². The average molecular weight is 548 g/mol. The summed E-state index contributed by atoms with van der Waals surface area (Å²) in [4.78, 5) is 4.09. The van der Waals surface area contributed by atoms with Gasteiger partial charge in [-0.15, -0.1) is 11.3 Å². The van der Waals surface area contributed by atoms with Crippen molar-refractivity contribution >= 4 is 21.4 Å². The summed E-state index contributed by atoms with van der Waals surface area (Å²) in [7, 11) is 1.77. The molecule has 0 amide bonds. The molecule has 3 heterocycles. The number of piperidine rings is 1. The summed E-state index contributed by atoms with van der Waals surface area (Å²) >= 11 is 1.83. The van der Waals surface area contributed by atoms with E-state index in [1.54, 1.807) is 7.11 Å². The van der Waals surface area contributed by atoms with Crippen LogP contribution in [0.25, 0.3) is 10.1 Å². The van der Waals surface area contributed by atoms with Crippen LogP contribution in [0.15, 0.2) is 42.5 Å². The SMILES string of the molecule is COC[C@@H]1Oc2c(O)ccc3c2C12CCN(CC1CC1)C(C3)C2CC(C)(C)COCc1cc2ccccc2s1. The van der Waals surface area contributed by atoms with Gasteiger partial charge in [0.1, 0.15) is 6.10 Å². The van der Waals surface area contributed by atoms with Crippen LogP contribution in [0.4, 0.5) is 0 Å². The first-order valence-electron chi connectivity index (χ1n) is 14.7. The number of methoxy groups -OCH3 is 1. The number of thiophene rings is 1. The predicted octanol–water partition coefficient (Wildman–Crippen LogP) is 6.54. The molecular formula is C33H41NO4S. The van der Waals surface area contributed by atoms with E-state index in [0.717, 1.165) is 38.3 Å². The van der Waals surface area contributed by atoms with E-state index in [0.29, 0.717) is 30.9 Å². The van der Waals surface area contributed by atoms with Gasteiger partial charge in [-0.1, -0.05) is 38.1 Å². The first-order chi connectivity index (χ1) is 18.9. The fraction of sp³-hybridized carbons (Fsp3) is 0.576. The summed E-state index contributed by atoms with van der Waals surface area (Å²) < 4.78 is 20.1. The molecule has 2 aliphatic heterocycles. The van der Waals surface area contributed by atoms with Crippen molar-refractivity contribution < 1.29 is 19.3 Å². The van der Waals surface area contributed by atoms with Crippen molar-refractivity contribution in [2.45, 2.75) is 70.1 Å². The molecule has 208 valence electrons. The zero-order valence-corrected chi connectivity index (χ0v) is 24.3. The lowest BCUT2D eigenvalue weighted by Crippen LogP contribution is -2.64. The van der Waals surface area contributed by atoms with Crippen LogP contribution < -0.4 is 4.74 Å². The largest absolute Gasteiger partial charge is 0.504 e. The monoisotopic (exact) mass is 547 g/mol. The maximum absolute atomic E-state index is 10.9. The molecule has 39 heavy (non-hydrogen) atoms. The van der Waals surface area contributed by atoms with Gasteiger partial charge >= 0.3 is 0 Å². The molecule has 4 aliphatic rings. The molecule has 5 nitrogen and oxygen atoms in total. The lowest BCUT2D eigenvalue weighted by atomic mass is 9.53. The first kappa shape index (κ1) is 25.8. The topological polar surface area (TPSA) is 51.2 Å². The third-order valence-corrected chi connectivity index (χ3v) is 10.9. The van der Waals surface area contributed by atoms with Gasteiger partial charge in [0, 0.05) is 40.3 Å². The Morgan fingerprint density at radius 1 is 1.18 bits per heavy atom. The molecule has 7 rings (SSSR count). The van der Waals surface area contributed by atoms with E-state index in [9.17, 15) is 5.11 Å². The minimum absolute atomic E-state index is 0.00386. The van der Waals surface area contributed by atoms with Crippen molar-refractivity contribution in [1.82, 2.24) is 4.90 Å². The predicted molar refractivity (Wildman–Crippen MR) is 156 cm³/mol. The number of hydrogen-bond acceptors (Lipinski definition) is 6. The van der Waals surface area contributed by atoms with Gasteiger partial charge in [0.15, 0.2) is 11.5 Å². The van der Waals surface area contributed by atoms with Gasteiger partial charge in [-0.2, -0.15) is 0 Å². The quantitative estimate of drug-likeness (QED) is 0.312. The lowest BCUT2D eigenvalue weighted by molar-refractivity contribution is -0.0707. The number of hydrogen-bond donors (Lipinski definition) is 1. The van der Waals surface area contributed by atoms with Gasteiger partial charge < -0.3 is 19.3 Å². The Hall–Kier alpha value is -2.12. The van der Waals surface area contributed by atoms with E-state index < -0.39 is 0 Å². The Morgan fingerprint density at radius 3 is 2.82 bits per heavy atom. The normalized spacial score (nSPS) is 28.0. The van der Waals surface area contributed by atoms with Crippen LogP contribution in [0.5, 0.6) is 11.5 Å². The van der Waals surface area contributed by atoms with Crippen LogP contribution in [0.3, 0.4) is 0 Å². The molecule has 6 heteroatoms. The number of rotatable bonds is 10. The maximum Gasteiger partial charge on any atom is 0.165 e. The number of aromatic hydroxyl groups is 1. The second kappa shape index (κ2) is 9.76. The van der Waals surface area contributed by atoms with Crippen LogP contribution in [-0.4, -0.2) is 55.6 Å². The van der Waals surface area contributed by atoms with Gasteiger partial charge in [-0.05, 0) is 85.0 Å². The van der Waals surface area contributed by atoms with Crippen molar-refractivity contribution in [3.05, 3.63) is 58.5 Å². The highest BCUT2D eigenvalue weighted by atomic mass is 32.1. The summed E-state index contributed by atoms with van der Waals surface area (Å²) in [5.74, 6) is 2.27. The van der Waals surface area contributed by atoms with Crippen molar-refractivity contribution in [2.75, 3.05) is 33.4 Å². The van der Waals surface area contributed by atoms with E-state index >= 15 is 0 Å². The van der Waals surface area contributed by atoms with Gasteiger partial charge in [0.2, 0.25) is 0 Å². The van der Waals surface area contributed by atoms with Crippen molar-refractivity contribution in [1.29, 1.82) is 0 Å². The molecule has 3 unspecified atom stereocenters. The molecule has 1 saturated heterocycles. The lowest BCUT2D eigenvalue weighted by Gasteiger charge is -2.57. The number of benzene rings is 2. The summed E-state index contributed by atoms with van der Waals surface area (Å²) in [5.41, 5.74) is 2.51. The Balaban J connectivity index is 1.17. The Bertz CT molecular complexity index is 1330. The fourth-order valence-corrected chi connectivity index (χ4v) is 9.01. The third-order valence-electron chi connectivity index (χ3n) is 9.85. The molecule has 1 saturated carbocycles. The van der Waals surface area contributed by atoms with Crippen LogP contribution in [0, 0.1) is 17.3 Å². The average Bonchev–Trinajstić information content (AvgIpc) is 3.53. The summed E-state index contributed by atoms with van der Waals surface area (Å²) in [6, 6.07) is 15.3. The summed E-state index contributed by atoms with van der Waals surface area (Å²) in [5, 5.41) is 12.2. The molecule has 2 bridgehead atoms. The Morgan fingerprint density at radius 2 is 2.03 bits per heavy atom. The molecule has 0 radical (unpaired) electrons. The molecule has 1 N–H and O–H groups in total. The zero-order chi connectivity index (χ0) is 26.8. The van der Waals surface area contributed by atoms with Gasteiger partial charge in [-0.25, -0.2) is 0 Å². The molecule has 2 fully saturated rings. The van der Waals surface area contributed by atoms with Crippen LogP contribution in [0.1, 0.15) is 55.5 Å². The van der Waals surface area contributed by atoms with Gasteiger partial charge in [0.05, 0.1) is 19.8 Å². The maximum atomic E-state index is 10.9. The number of likely N-dealkylation sites (tertiary alicyclic amines) is 1. The number of fused-ring (bicyclic) bond motifs is 2. The molecule has 4 atom stereocenters. The number of phenolic OH excluding ortho intramolecular Hbond substituents is 1. The second-order valence-corrected chi connectivity index (χ2v) is 14.4. The highest BCUT2D eigenvalue weighted by molar-refractivity contribution is 7.19. The van der Waals surface area contributed by atoms with E-state index in [2.05, 4.69) is 55.1 Å². The smallest absolute Gasteiger partial charge is 0.165 e. The molecule has 2 aliphatic carbocycles.